The molecule has 6 heteroatoms. The number of hydrogen-bond donors (Lipinski definition) is 0. The largest absolute Gasteiger partial charge is 0.492 e. The van der Waals surface area contributed by atoms with Crippen molar-refractivity contribution in [3.63, 3.8) is 0 Å². The number of carbonyl (C=O) groups excluding carboxylic acids is 1. The van der Waals surface area contributed by atoms with Crippen molar-refractivity contribution in [2.75, 3.05) is 13.7 Å². The molecule has 0 N–H and O–H groups in total. The lowest BCUT2D eigenvalue weighted by Crippen LogP contribution is -2.61. The van der Waals surface area contributed by atoms with Gasteiger partial charge in [-0.05, 0) is 32.7 Å². The van der Waals surface area contributed by atoms with E-state index >= 15 is 0 Å². The van der Waals surface area contributed by atoms with Crippen molar-refractivity contribution in [2.24, 2.45) is 17.8 Å². The van der Waals surface area contributed by atoms with Crippen molar-refractivity contribution in [3.05, 3.63) is 22.9 Å². The van der Waals surface area contributed by atoms with Gasteiger partial charge in [0, 0.05) is 17.9 Å². The fourth-order valence-electron chi connectivity index (χ4n) is 7.64. The van der Waals surface area contributed by atoms with Gasteiger partial charge in [0.1, 0.15) is 5.76 Å². The molecule has 5 saturated heterocycles. The molecular weight excluding hydrogens is 358 g/mol. The summed E-state index contributed by atoms with van der Waals surface area (Å²) in [4.78, 5) is 14.9. The Bertz CT molecular complexity index is 833. The maximum absolute atomic E-state index is 12.2. The number of allylic oxidation sites excluding steroid dienone is 1. The normalized spacial score (nSPS) is 52.5. The molecule has 0 saturated carbocycles. The third-order valence-corrected chi connectivity index (χ3v) is 8.53. The minimum atomic E-state index is -0.558. The van der Waals surface area contributed by atoms with E-state index in [9.17, 15) is 4.79 Å². The van der Waals surface area contributed by atoms with E-state index in [1.165, 1.54) is 19.3 Å². The van der Waals surface area contributed by atoms with Crippen LogP contribution in [0.1, 0.15) is 52.9 Å². The Kier molecular flexibility index (Phi) is 3.30. The highest BCUT2D eigenvalue weighted by atomic mass is 16.7. The Morgan fingerprint density at radius 1 is 1.36 bits per heavy atom. The van der Waals surface area contributed by atoms with Crippen LogP contribution in [0.5, 0.6) is 0 Å². The highest BCUT2D eigenvalue weighted by Gasteiger charge is 2.84. The summed E-state index contributed by atoms with van der Waals surface area (Å²) < 4.78 is 24.7. The number of fused-ring (bicyclic) bond motifs is 1. The van der Waals surface area contributed by atoms with Crippen LogP contribution in [-0.4, -0.2) is 48.0 Å². The number of cyclic esters (lactones) is 1. The molecule has 6 aliphatic rings. The second-order valence-corrected chi connectivity index (χ2v) is 9.42. The number of esters is 1. The summed E-state index contributed by atoms with van der Waals surface area (Å²) in [6, 6.07) is 0.496. The predicted octanol–water partition coefficient (Wildman–Crippen LogP) is 3.09. The number of hydrogen-bond acceptors (Lipinski definition) is 6. The quantitative estimate of drug-likeness (QED) is 0.691. The monoisotopic (exact) mass is 387 g/mol. The zero-order chi connectivity index (χ0) is 19.4. The first-order valence-corrected chi connectivity index (χ1v) is 10.8. The minimum Gasteiger partial charge on any atom is -0.492 e. The van der Waals surface area contributed by atoms with Gasteiger partial charge in [0.05, 0.1) is 30.2 Å². The Morgan fingerprint density at radius 2 is 2.18 bits per heavy atom. The second kappa shape index (κ2) is 5.33. The second-order valence-electron chi connectivity index (χ2n) is 9.42. The smallest absolute Gasteiger partial charge is 0.343 e. The lowest BCUT2D eigenvalue weighted by Gasteiger charge is -2.48. The van der Waals surface area contributed by atoms with E-state index in [2.05, 4.69) is 18.7 Å². The van der Waals surface area contributed by atoms with Crippen molar-refractivity contribution in [3.8, 4) is 0 Å². The molecule has 5 bridgehead atoms. The van der Waals surface area contributed by atoms with Crippen LogP contribution < -0.4 is 0 Å². The molecule has 0 radical (unpaired) electrons. The Hall–Kier alpha value is -1.53. The van der Waals surface area contributed by atoms with Crippen LogP contribution in [0.4, 0.5) is 0 Å². The first kappa shape index (κ1) is 17.3. The fraction of sp³-hybridized carbons (Fsp3) is 0.773. The number of rotatable bonds is 4. The molecular formula is C22H29NO5. The molecule has 6 heterocycles. The van der Waals surface area contributed by atoms with E-state index < -0.39 is 5.79 Å². The number of unbranched alkanes of at least 4 members (excludes halogenated alkanes) is 1. The number of ether oxygens (including phenoxy) is 4. The van der Waals surface area contributed by atoms with Gasteiger partial charge in [-0.3, -0.25) is 4.90 Å². The molecule has 6 rings (SSSR count). The van der Waals surface area contributed by atoms with Gasteiger partial charge in [0.2, 0.25) is 11.5 Å². The number of piperidine rings is 1. The van der Waals surface area contributed by atoms with E-state index in [1.807, 2.05) is 0 Å². The molecule has 8 atom stereocenters. The number of nitrogens with zero attached hydrogens (tertiary/aromatic N) is 1. The van der Waals surface area contributed by atoms with Crippen molar-refractivity contribution >= 4 is 5.97 Å². The lowest BCUT2D eigenvalue weighted by molar-refractivity contribution is -0.256. The van der Waals surface area contributed by atoms with E-state index in [0.29, 0.717) is 29.1 Å². The van der Waals surface area contributed by atoms with E-state index in [4.69, 9.17) is 18.9 Å². The topological polar surface area (TPSA) is 57.2 Å². The maximum Gasteiger partial charge on any atom is 0.343 e. The van der Waals surface area contributed by atoms with E-state index in [0.717, 1.165) is 25.1 Å². The molecule has 152 valence electrons. The third kappa shape index (κ3) is 1.65. The number of methoxy groups -OCH3 is 1. The predicted molar refractivity (Wildman–Crippen MR) is 99.6 cm³/mol. The van der Waals surface area contributed by atoms with Gasteiger partial charge in [0.15, 0.2) is 5.76 Å². The molecule has 1 spiro atoms. The van der Waals surface area contributed by atoms with Crippen molar-refractivity contribution in [1.29, 1.82) is 0 Å². The fourth-order valence-corrected chi connectivity index (χ4v) is 7.64. The molecule has 28 heavy (non-hydrogen) atoms. The molecule has 0 aromatic carbocycles. The van der Waals surface area contributed by atoms with Gasteiger partial charge in [-0.25, -0.2) is 4.79 Å². The minimum absolute atomic E-state index is 0.134. The summed E-state index contributed by atoms with van der Waals surface area (Å²) in [7, 11) is 1.58. The van der Waals surface area contributed by atoms with Gasteiger partial charge < -0.3 is 18.9 Å². The lowest BCUT2D eigenvalue weighted by atomic mass is 9.69. The van der Waals surface area contributed by atoms with Gasteiger partial charge in [-0.1, -0.05) is 26.7 Å². The third-order valence-electron chi connectivity index (χ3n) is 8.53. The highest BCUT2D eigenvalue weighted by Crippen LogP contribution is 2.73. The summed E-state index contributed by atoms with van der Waals surface area (Å²) >= 11 is 0. The Morgan fingerprint density at radius 3 is 2.93 bits per heavy atom. The van der Waals surface area contributed by atoms with Crippen LogP contribution in [0.3, 0.4) is 0 Å². The summed E-state index contributed by atoms with van der Waals surface area (Å²) in [5, 5.41) is 0. The molecule has 0 aromatic rings. The zero-order valence-corrected chi connectivity index (χ0v) is 17.1. The average molecular weight is 387 g/mol. The van der Waals surface area contributed by atoms with Crippen molar-refractivity contribution in [1.82, 2.24) is 4.90 Å². The Balaban J connectivity index is 1.46. The molecule has 0 aliphatic carbocycles. The Labute approximate surface area is 165 Å². The molecule has 0 amide bonds. The van der Waals surface area contributed by atoms with Crippen LogP contribution in [0, 0.1) is 17.8 Å². The van der Waals surface area contributed by atoms with Crippen molar-refractivity contribution < 1.29 is 23.7 Å². The molecule has 8 unspecified atom stereocenters. The highest BCUT2D eigenvalue weighted by molar-refractivity contribution is 5.93. The van der Waals surface area contributed by atoms with E-state index in [-0.39, 0.29) is 29.4 Å². The van der Waals surface area contributed by atoms with Gasteiger partial charge in [0.25, 0.3) is 0 Å². The summed E-state index contributed by atoms with van der Waals surface area (Å²) in [6.07, 6.45) is 6.15. The van der Waals surface area contributed by atoms with Crippen LogP contribution in [0.2, 0.25) is 0 Å². The van der Waals surface area contributed by atoms with Gasteiger partial charge in [-0.15, -0.1) is 0 Å². The van der Waals surface area contributed by atoms with Gasteiger partial charge in [-0.2, -0.15) is 0 Å². The zero-order valence-electron chi connectivity index (χ0n) is 17.1. The van der Waals surface area contributed by atoms with Crippen LogP contribution in [-0.2, 0) is 23.7 Å². The van der Waals surface area contributed by atoms with Gasteiger partial charge >= 0.3 is 5.97 Å². The summed E-state index contributed by atoms with van der Waals surface area (Å²) in [6.45, 7) is 7.37. The first-order valence-electron chi connectivity index (χ1n) is 10.8. The molecule has 6 nitrogen and oxygen atoms in total. The van der Waals surface area contributed by atoms with E-state index in [1.54, 1.807) is 14.0 Å². The van der Waals surface area contributed by atoms with Crippen molar-refractivity contribution in [2.45, 2.75) is 76.3 Å². The molecule has 0 aromatic heterocycles. The maximum atomic E-state index is 12.2. The number of carbonyl (C=O) groups is 1. The summed E-state index contributed by atoms with van der Waals surface area (Å²) in [5.41, 5.74) is 0.659. The summed E-state index contributed by atoms with van der Waals surface area (Å²) in [5.74, 6) is 1.64. The molecule has 5 fully saturated rings. The average Bonchev–Trinajstić information content (AvgIpc) is 3.38. The van der Waals surface area contributed by atoms with Crippen LogP contribution in [0.15, 0.2) is 22.9 Å². The SMILES string of the molecule is CCCCC12C3CC4C5C(C)/C(=C6\OC(=O)C(C)=C6OC)OC5(O3)C1CCN42. The van der Waals surface area contributed by atoms with Crippen LogP contribution in [0.25, 0.3) is 0 Å². The first-order chi connectivity index (χ1) is 13.5. The molecule has 6 aliphatic heterocycles. The van der Waals surface area contributed by atoms with Crippen LogP contribution >= 0.6 is 0 Å². The standard InChI is InChI=1S/C22H29NO5/c1-5-6-8-21-14-7-9-23(21)13-10-15(21)27-22(14)16(13)11(2)18(28-22)19-17(25-4)12(3)20(24)26-19/h11,13-16H,5-10H2,1-4H3/b19-18+.